The van der Waals surface area contributed by atoms with Crippen LogP contribution in [0.25, 0.3) is 0 Å². The van der Waals surface area contributed by atoms with Crippen molar-refractivity contribution in [3.63, 3.8) is 0 Å². The molecule has 0 aromatic rings. The van der Waals surface area contributed by atoms with E-state index in [2.05, 4.69) is 5.32 Å². The highest BCUT2D eigenvalue weighted by molar-refractivity contribution is 5.76. The number of rotatable bonds is 3. The van der Waals surface area contributed by atoms with Gasteiger partial charge in [-0.05, 0) is 34.2 Å². The molecule has 0 aliphatic rings. The van der Waals surface area contributed by atoms with E-state index in [0.717, 1.165) is 6.42 Å². The predicted molar refractivity (Wildman–Crippen MR) is 49.0 cm³/mol. The van der Waals surface area contributed by atoms with Gasteiger partial charge >= 0.3 is 5.97 Å². The Morgan fingerprint density at radius 1 is 1.50 bits per heavy atom. The summed E-state index contributed by atoms with van der Waals surface area (Å²) < 4.78 is 5.18. The van der Waals surface area contributed by atoms with Crippen LogP contribution in [0.4, 0.5) is 0 Å². The van der Waals surface area contributed by atoms with E-state index in [0.29, 0.717) is 0 Å². The molecule has 0 spiro atoms. The normalized spacial score (nSPS) is 14.1. The molecule has 3 nitrogen and oxygen atoms in total. The van der Waals surface area contributed by atoms with Crippen LogP contribution in [0.1, 0.15) is 34.1 Å². The third-order valence-electron chi connectivity index (χ3n) is 1.45. The molecule has 1 atom stereocenters. The number of hydrogen-bond donors (Lipinski definition) is 1. The zero-order chi connectivity index (χ0) is 9.78. The van der Waals surface area contributed by atoms with Crippen molar-refractivity contribution in [1.82, 2.24) is 5.32 Å². The number of carbonyl (C=O) groups is 1. The highest BCUT2D eigenvalue weighted by Crippen LogP contribution is 2.09. The maximum atomic E-state index is 11.3. The van der Waals surface area contributed by atoms with Crippen LogP contribution in [0.5, 0.6) is 0 Å². The first-order valence-electron chi connectivity index (χ1n) is 4.31. The van der Waals surface area contributed by atoms with Crippen molar-refractivity contribution in [3.8, 4) is 0 Å². The number of esters is 1. The molecule has 0 heterocycles. The van der Waals surface area contributed by atoms with Crippen molar-refractivity contribution in [2.75, 3.05) is 7.05 Å². The fourth-order valence-corrected chi connectivity index (χ4v) is 0.862. The van der Waals surface area contributed by atoms with Gasteiger partial charge in [-0.1, -0.05) is 6.92 Å². The van der Waals surface area contributed by atoms with E-state index in [1.54, 1.807) is 7.05 Å². The lowest BCUT2D eigenvalue weighted by atomic mass is 10.2. The van der Waals surface area contributed by atoms with Crippen molar-refractivity contribution in [2.45, 2.75) is 45.8 Å². The molecule has 0 aliphatic carbocycles. The lowest BCUT2D eigenvalue weighted by Gasteiger charge is -2.22. The molecule has 0 fully saturated rings. The molecule has 0 rings (SSSR count). The van der Waals surface area contributed by atoms with Gasteiger partial charge in [0.2, 0.25) is 0 Å². The Hall–Kier alpha value is -0.570. The van der Waals surface area contributed by atoms with Gasteiger partial charge in [0.25, 0.3) is 0 Å². The van der Waals surface area contributed by atoms with Crippen LogP contribution >= 0.6 is 0 Å². The van der Waals surface area contributed by atoms with Crippen molar-refractivity contribution in [2.24, 2.45) is 0 Å². The summed E-state index contributed by atoms with van der Waals surface area (Å²) in [6.45, 7) is 7.55. The molecule has 0 bridgehead atoms. The topological polar surface area (TPSA) is 38.3 Å². The summed E-state index contributed by atoms with van der Waals surface area (Å²) >= 11 is 0. The predicted octanol–water partition coefficient (Wildman–Crippen LogP) is 1.33. The first-order valence-corrected chi connectivity index (χ1v) is 4.31. The second-order valence-electron chi connectivity index (χ2n) is 3.78. The molecule has 0 aromatic carbocycles. The lowest BCUT2D eigenvalue weighted by molar-refractivity contribution is -0.157. The van der Waals surface area contributed by atoms with Gasteiger partial charge in [0, 0.05) is 0 Å². The largest absolute Gasteiger partial charge is 0.459 e. The van der Waals surface area contributed by atoms with Crippen LogP contribution in [0.3, 0.4) is 0 Å². The van der Waals surface area contributed by atoms with Gasteiger partial charge < -0.3 is 10.1 Å². The summed E-state index contributed by atoms with van der Waals surface area (Å²) in [5.74, 6) is -0.174. The molecule has 72 valence electrons. The Morgan fingerprint density at radius 2 is 2.00 bits per heavy atom. The van der Waals surface area contributed by atoms with Gasteiger partial charge in [0.15, 0.2) is 0 Å². The highest BCUT2D eigenvalue weighted by Gasteiger charge is 2.21. The summed E-state index contributed by atoms with van der Waals surface area (Å²) in [5, 5.41) is 2.90. The Bertz CT molecular complexity index is 145. The summed E-state index contributed by atoms with van der Waals surface area (Å²) in [4.78, 5) is 11.3. The minimum atomic E-state index is -0.388. The van der Waals surface area contributed by atoms with Crippen molar-refractivity contribution in [3.05, 3.63) is 0 Å². The monoisotopic (exact) mass is 173 g/mol. The molecule has 1 N–H and O–H groups in total. The van der Waals surface area contributed by atoms with Gasteiger partial charge in [0.05, 0.1) is 0 Å². The smallest absolute Gasteiger partial charge is 0.323 e. The molecule has 0 aliphatic heterocycles. The molecule has 3 heteroatoms. The first-order chi connectivity index (χ1) is 5.40. The zero-order valence-corrected chi connectivity index (χ0v) is 8.60. The van der Waals surface area contributed by atoms with E-state index in [4.69, 9.17) is 4.74 Å². The molecule has 0 saturated carbocycles. The maximum Gasteiger partial charge on any atom is 0.323 e. The maximum absolute atomic E-state index is 11.3. The van der Waals surface area contributed by atoms with E-state index in [1.807, 2.05) is 27.7 Å². The van der Waals surface area contributed by atoms with Crippen molar-refractivity contribution >= 4 is 5.97 Å². The number of hydrogen-bond acceptors (Lipinski definition) is 3. The van der Waals surface area contributed by atoms with Gasteiger partial charge in [-0.15, -0.1) is 0 Å². The van der Waals surface area contributed by atoms with E-state index in [-0.39, 0.29) is 17.6 Å². The van der Waals surface area contributed by atoms with Crippen LogP contribution in [0, 0.1) is 0 Å². The second kappa shape index (κ2) is 4.45. The van der Waals surface area contributed by atoms with Crippen molar-refractivity contribution < 1.29 is 9.53 Å². The molecule has 12 heavy (non-hydrogen) atoms. The minimum absolute atomic E-state index is 0.174. The van der Waals surface area contributed by atoms with Crippen molar-refractivity contribution in [1.29, 1.82) is 0 Å². The van der Waals surface area contributed by atoms with E-state index in [9.17, 15) is 4.79 Å². The van der Waals surface area contributed by atoms with Crippen LogP contribution in [0.15, 0.2) is 0 Å². The molecule has 0 saturated heterocycles. The van der Waals surface area contributed by atoms with Crippen LogP contribution in [-0.2, 0) is 9.53 Å². The summed E-state index contributed by atoms with van der Waals surface area (Å²) in [7, 11) is 1.76. The fourth-order valence-electron chi connectivity index (χ4n) is 0.862. The van der Waals surface area contributed by atoms with E-state index in [1.165, 1.54) is 0 Å². The molecular formula is C9H19NO2. The standard InChI is InChI=1S/C9H19NO2/c1-6-7(10-5)8(11)12-9(2,3)4/h7,10H,6H2,1-5H3/t7-/m1/s1. The zero-order valence-electron chi connectivity index (χ0n) is 8.60. The van der Waals surface area contributed by atoms with Crippen LogP contribution < -0.4 is 5.32 Å². The summed E-state index contributed by atoms with van der Waals surface area (Å²) in [6.07, 6.45) is 0.755. The summed E-state index contributed by atoms with van der Waals surface area (Å²) in [6, 6.07) is -0.177. The first kappa shape index (κ1) is 11.4. The van der Waals surface area contributed by atoms with Gasteiger partial charge in [-0.25, -0.2) is 0 Å². The number of carbonyl (C=O) groups excluding carboxylic acids is 1. The Balaban J connectivity index is 4.02. The SMILES string of the molecule is CC[C@@H](NC)C(=O)OC(C)(C)C. The van der Waals surface area contributed by atoms with Gasteiger partial charge in [0.1, 0.15) is 11.6 Å². The van der Waals surface area contributed by atoms with Gasteiger partial charge in [-0.2, -0.15) is 0 Å². The fraction of sp³-hybridized carbons (Fsp3) is 0.889. The molecule has 0 unspecified atom stereocenters. The Morgan fingerprint density at radius 3 is 2.25 bits per heavy atom. The number of nitrogens with one attached hydrogen (secondary N) is 1. The van der Waals surface area contributed by atoms with Crippen LogP contribution in [0.2, 0.25) is 0 Å². The highest BCUT2D eigenvalue weighted by atomic mass is 16.6. The van der Waals surface area contributed by atoms with E-state index < -0.39 is 0 Å². The van der Waals surface area contributed by atoms with Gasteiger partial charge in [-0.3, -0.25) is 4.79 Å². The molecule has 0 aromatic heterocycles. The molecule has 0 radical (unpaired) electrons. The Labute approximate surface area is 74.5 Å². The molecular weight excluding hydrogens is 154 g/mol. The lowest BCUT2D eigenvalue weighted by Crippen LogP contribution is -2.38. The van der Waals surface area contributed by atoms with Crippen LogP contribution in [-0.4, -0.2) is 24.7 Å². The Kier molecular flexibility index (Phi) is 4.24. The quantitative estimate of drug-likeness (QED) is 0.654. The average molecular weight is 173 g/mol. The minimum Gasteiger partial charge on any atom is -0.459 e. The molecule has 0 amide bonds. The van der Waals surface area contributed by atoms with E-state index >= 15 is 0 Å². The summed E-state index contributed by atoms with van der Waals surface area (Å²) in [5.41, 5.74) is -0.388. The number of likely N-dealkylation sites (N-methyl/N-ethyl adjacent to an activating group) is 1. The number of ether oxygens (including phenoxy) is 1. The third-order valence-corrected chi connectivity index (χ3v) is 1.45. The second-order valence-corrected chi connectivity index (χ2v) is 3.78. The average Bonchev–Trinajstić information content (AvgIpc) is 1.85. The third kappa shape index (κ3) is 4.34.